The summed E-state index contributed by atoms with van der Waals surface area (Å²) in [7, 11) is 0. The molecule has 1 amide bonds. The van der Waals surface area contributed by atoms with Crippen molar-refractivity contribution in [1.82, 2.24) is 5.32 Å². The minimum atomic E-state index is 0.138. The summed E-state index contributed by atoms with van der Waals surface area (Å²) in [5.74, 6) is 2.78. The predicted octanol–water partition coefficient (Wildman–Crippen LogP) is 3.17. The average Bonchev–Trinajstić information content (AvgIpc) is 2.83. The average molecular weight is 279 g/mol. The number of carbonyl (C=O) groups excluding carboxylic acids is 1. The molecule has 1 N–H and O–H groups in total. The molecule has 1 heterocycles. The number of hydrogen-bond acceptors (Lipinski definition) is 3. The Morgan fingerprint density at radius 2 is 2.42 bits per heavy atom. The Morgan fingerprint density at radius 3 is 3.16 bits per heavy atom. The minimum absolute atomic E-state index is 0.138. The van der Waals surface area contributed by atoms with E-state index < -0.39 is 0 Å². The molecule has 4 unspecified atom stereocenters. The van der Waals surface area contributed by atoms with Crippen molar-refractivity contribution in [2.45, 2.75) is 49.8 Å². The van der Waals surface area contributed by atoms with Gasteiger partial charge in [-0.2, -0.15) is 11.8 Å². The summed E-state index contributed by atoms with van der Waals surface area (Å²) >= 11 is 1.99. The van der Waals surface area contributed by atoms with Crippen LogP contribution in [0.15, 0.2) is 22.8 Å². The van der Waals surface area contributed by atoms with Crippen molar-refractivity contribution in [3.63, 3.8) is 0 Å². The molecule has 0 saturated heterocycles. The fourth-order valence-corrected chi connectivity index (χ4v) is 4.29. The summed E-state index contributed by atoms with van der Waals surface area (Å²) in [6, 6.07) is 4.26. The highest BCUT2D eigenvalue weighted by Crippen LogP contribution is 2.48. The maximum Gasteiger partial charge on any atom is 0.224 e. The number of rotatable bonds is 5. The summed E-state index contributed by atoms with van der Waals surface area (Å²) < 4.78 is 5.38. The van der Waals surface area contributed by atoms with Crippen molar-refractivity contribution < 1.29 is 9.21 Å². The van der Waals surface area contributed by atoms with Gasteiger partial charge in [-0.15, -0.1) is 0 Å². The molecule has 4 heteroatoms. The number of furan rings is 1. The largest absolute Gasteiger partial charge is 0.469 e. The van der Waals surface area contributed by atoms with E-state index >= 15 is 0 Å². The molecule has 0 bridgehead atoms. The highest BCUT2D eigenvalue weighted by molar-refractivity contribution is 7.99. The highest BCUT2D eigenvalue weighted by Gasteiger charge is 2.46. The smallest absolute Gasteiger partial charge is 0.224 e. The van der Waals surface area contributed by atoms with Crippen LogP contribution in [0.2, 0.25) is 0 Å². The number of nitrogens with one attached hydrogen (secondary N) is 1. The van der Waals surface area contributed by atoms with Crippen LogP contribution in [0.5, 0.6) is 0 Å². The zero-order valence-corrected chi connectivity index (χ0v) is 12.1. The number of thioether (sulfide) groups is 1. The topological polar surface area (TPSA) is 42.2 Å². The Hall–Kier alpha value is -0.900. The molecule has 104 valence electrons. The third kappa shape index (κ3) is 2.83. The standard InChI is InChI=1S/C15H21NO2S/c1-2-19-14-7-3-5-12(14)16-15(17)11-9-10(11)13-6-4-8-18-13/h4,6,8,10-12,14H,2-3,5,7,9H2,1H3,(H,16,17). The lowest BCUT2D eigenvalue weighted by Crippen LogP contribution is -2.39. The number of amides is 1. The van der Waals surface area contributed by atoms with Crippen LogP contribution in [-0.4, -0.2) is 23.0 Å². The van der Waals surface area contributed by atoms with E-state index in [4.69, 9.17) is 4.42 Å². The zero-order valence-electron chi connectivity index (χ0n) is 11.3. The van der Waals surface area contributed by atoms with Crippen molar-refractivity contribution in [3.8, 4) is 0 Å². The van der Waals surface area contributed by atoms with Crippen molar-refractivity contribution in [3.05, 3.63) is 24.2 Å². The molecular formula is C15H21NO2S. The summed E-state index contributed by atoms with van der Waals surface area (Å²) in [4.78, 5) is 12.3. The van der Waals surface area contributed by atoms with Crippen LogP contribution >= 0.6 is 11.8 Å². The van der Waals surface area contributed by atoms with Gasteiger partial charge in [0.25, 0.3) is 0 Å². The Balaban J connectivity index is 1.52. The van der Waals surface area contributed by atoms with Gasteiger partial charge < -0.3 is 9.73 Å². The third-order valence-corrected chi connectivity index (χ3v) is 5.52. The first-order chi connectivity index (χ1) is 9.29. The Labute approximate surface area is 118 Å². The predicted molar refractivity (Wildman–Crippen MR) is 77.3 cm³/mol. The van der Waals surface area contributed by atoms with Crippen molar-refractivity contribution in [1.29, 1.82) is 0 Å². The molecule has 3 rings (SSSR count). The van der Waals surface area contributed by atoms with Crippen molar-refractivity contribution in [2.24, 2.45) is 5.92 Å². The van der Waals surface area contributed by atoms with Gasteiger partial charge in [0.05, 0.1) is 6.26 Å². The van der Waals surface area contributed by atoms with Crippen LogP contribution in [0.3, 0.4) is 0 Å². The molecule has 2 fully saturated rings. The lowest BCUT2D eigenvalue weighted by molar-refractivity contribution is -0.123. The van der Waals surface area contributed by atoms with Gasteiger partial charge in [-0.25, -0.2) is 0 Å². The molecule has 2 aliphatic rings. The highest BCUT2D eigenvalue weighted by atomic mass is 32.2. The van der Waals surface area contributed by atoms with Gasteiger partial charge in [0.1, 0.15) is 5.76 Å². The molecule has 0 aliphatic heterocycles. The van der Waals surface area contributed by atoms with E-state index in [2.05, 4.69) is 12.2 Å². The second-order valence-electron chi connectivity index (χ2n) is 5.50. The van der Waals surface area contributed by atoms with Crippen molar-refractivity contribution in [2.75, 3.05) is 5.75 Å². The summed E-state index contributed by atoms with van der Waals surface area (Å²) in [5.41, 5.74) is 0. The van der Waals surface area contributed by atoms with Crippen LogP contribution in [0.1, 0.15) is 44.3 Å². The van der Waals surface area contributed by atoms with E-state index in [0.717, 1.165) is 24.4 Å². The van der Waals surface area contributed by atoms with Crippen LogP contribution in [0.4, 0.5) is 0 Å². The molecule has 1 aromatic heterocycles. The van der Waals surface area contributed by atoms with E-state index in [9.17, 15) is 4.79 Å². The van der Waals surface area contributed by atoms with Gasteiger partial charge in [-0.3, -0.25) is 4.79 Å². The normalized spacial score (nSPS) is 33.3. The van der Waals surface area contributed by atoms with Crippen LogP contribution in [-0.2, 0) is 4.79 Å². The van der Waals surface area contributed by atoms with E-state index in [-0.39, 0.29) is 11.8 Å². The second-order valence-corrected chi connectivity index (χ2v) is 7.02. The van der Waals surface area contributed by atoms with Gasteiger partial charge in [0.2, 0.25) is 5.91 Å². The first-order valence-corrected chi connectivity index (χ1v) is 8.30. The van der Waals surface area contributed by atoms with E-state index in [1.807, 2.05) is 23.9 Å². The van der Waals surface area contributed by atoms with Gasteiger partial charge in [-0.05, 0) is 37.1 Å². The summed E-state index contributed by atoms with van der Waals surface area (Å²) in [5, 5.41) is 3.89. The van der Waals surface area contributed by atoms with Crippen LogP contribution < -0.4 is 5.32 Å². The van der Waals surface area contributed by atoms with Crippen LogP contribution in [0, 0.1) is 5.92 Å². The molecule has 0 spiro atoms. The number of carbonyl (C=O) groups is 1. The van der Waals surface area contributed by atoms with E-state index in [1.165, 1.54) is 12.8 Å². The molecule has 1 aromatic rings. The molecule has 4 atom stereocenters. The van der Waals surface area contributed by atoms with Crippen LogP contribution in [0.25, 0.3) is 0 Å². The number of hydrogen-bond donors (Lipinski definition) is 1. The molecule has 2 saturated carbocycles. The molecule has 0 aromatic carbocycles. The Morgan fingerprint density at radius 1 is 1.53 bits per heavy atom. The Kier molecular flexibility index (Phi) is 3.87. The van der Waals surface area contributed by atoms with E-state index in [0.29, 0.717) is 17.2 Å². The maximum absolute atomic E-state index is 12.3. The van der Waals surface area contributed by atoms with Gasteiger partial charge in [0.15, 0.2) is 0 Å². The zero-order chi connectivity index (χ0) is 13.2. The first-order valence-electron chi connectivity index (χ1n) is 7.25. The van der Waals surface area contributed by atoms with Gasteiger partial charge in [0, 0.05) is 23.1 Å². The SMILES string of the molecule is CCSC1CCCC1NC(=O)C1CC1c1ccco1. The summed E-state index contributed by atoms with van der Waals surface area (Å²) in [6.45, 7) is 2.19. The summed E-state index contributed by atoms with van der Waals surface area (Å²) in [6.07, 6.45) is 6.26. The van der Waals surface area contributed by atoms with Gasteiger partial charge >= 0.3 is 0 Å². The quantitative estimate of drug-likeness (QED) is 0.900. The maximum atomic E-state index is 12.3. The van der Waals surface area contributed by atoms with Gasteiger partial charge in [-0.1, -0.05) is 13.3 Å². The first kappa shape index (κ1) is 13.1. The fraction of sp³-hybridized carbons (Fsp3) is 0.667. The monoisotopic (exact) mass is 279 g/mol. The molecule has 19 heavy (non-hydrogen) atoms. The lowest BCUT2D eigenvalue weighted by Gasteiger charge is -2.20. The Bertz CT molecular complexity index is 431. The fourth-order valence-electron chi connectivity index (χ4n) is 3.10. The molecule has 0 radical (unpaired) electrons. The van der Waals surface area contributed by atoms with Crippen molar-refractivity contribution >= 4 is 17.7 Å². The molecular weight excluding hydrogens is 258 g/mol. The lowest BCUT2D eigenvalue weighted by atomic mass is 10.2. The third-order valence-electron chi connectivity index (χ3n) is 4.20. The minimum Gasteiger partial charge on any atom is -0.469 e. The van der Waals surface area contributed by atoms with E-state index in [1.54, 1.807) is 6.26 Å². The second kappa shape index (κ2) is 5.61. The molecule has 2 aliphatic carbocycles. The molecule has 3 nitrogen and oxygen atoms in total.